The highest BCUT2D eigenvalue weighted by Crippen LogP contribution is 2.00. The molecule has 13 heavy (non-hydrogen) atoms. The van der Waals surface area contributed by atoms with E-state index >= 15 is 0 Å². The third-order valence-electron chi connectivity index (χ3n) is 1.27. The normalized spacial score (nSPS) is 8.77. The summed E-state index contributed by atoms with van der Waals surface area (Å²) in [6.07, 6.45) is 0. The zero-order chi connectivity index (χ0) is 9.68. The molecule has 0 radical (unpaired) electrons. The third kappa shape index (κ3) is 3.30. The first-order valence-electron chi connectivity index (χ1n) is 3.54. The van der Waals surface area contributed by atoms with Crippen LogP contribution in [0.3, 0.4) is 0 Å². The maximum Gasteiger partial charge on any atom is 0.297 e. The van der Waals surface area contributed by atoms with Crippen LogP contribution in [-0.4, -0.2) is 11.1 Å². The van der Waals surface area contributed by atoms with Crippen LogP contribution in [0.15, 0.2) is 10.6 Å². The van der Waals surface area contributed by atoms with Gasteiger partial charge in [0.15, 0.2) is 0 Å². The third-order valence-corrected chi connectivity index (χ3v) is 1.47. The van der Waals surface area contributed by atoms with Gasteiger partial charge in [-0.05, 0) is 11.8 Å². The standard InChI is InChI=1S/C8H7BrN2O2/c1-6-4-7(11-13-6)5-10-8(12)2-3-9/h4H,5H2,1H3,(H,10,12). The van der Waals surface area contributed by atoms with Gasteiger partial charge in [-0.25, -0.2) is 0 Å². The van der Waals surface area contributed by atoms with Gasteiger partial charge in [-0.15, -0.1) is 0 Å². The smallest absolute Gasteiger partial charge is 0.297 e. The number of nitrogens with zero attached hydrogens (tertiary/aromatic N) is 1. The number of aromatic nitrogens is 1. The Balaban J connectivity index is 2.42. The van der Waals surface area contributed by atoms with Crippen LogP contribution in [0.5, 0.6) is 0 Å². The predicted octanol–water partition coefficient (Wildman–Crippen LogP) is 0.955. The molecule has 0 aliphatic heterocycles. The molecule has 0 aliphatic carbocycles. The number of halogens is 1. The molecule has 0 unspecified atom stereocenters. The summed E-state index contributed by atoms with van der Waals surface area (Å²) in [4.78, 5) is 13.2. The van der Waals surface area contributed by atoms with Gasteiger partial charge in [-0.1, -0.05) is 5.16 Å². The molecule has 1 aromatic heterocycles. The van der Waals surface area contributed by atoms with Crippen LogP contribution in [0.1, 0.15) is 11.5 Å². The van der Waals surface area contributed by atoms with Gasteiger partial charge in [-0.2, -0.15) is 0 Å². The van der Waals surface area contributed by atoms with Gasteiger partial charge in [0.1, 0.15) is 11.5 Å². The van der Waals surface area contributed by atoms with Crippen molar-refractivity contribution in [2.24, 2.45) is 0 Å². The number of hydrogen-bond acceptors (Lipinski definition) is 3. The molecular formula is C8H7BrN2O2. The van der Waals surface area contributed by atoms with Gasteiger partial charge in [0.2, 0.25) is 0 Å². The van der Waals surface area contributed by atoms with Crippen molar-refractivity contribution in [3.63, 3.8) is 0 Å². The fraction of sp³-hybridized carbons (Fsp3) is 0.250. The summed E-state index contributed by atoms with van der Waals surface area (Å²) >= 11 is 2.82. The van der Waals surface area contributed by atoms with Crippen LogP contribution < -0.4 is 5.32 Å². The lowest BCUT2D eigenvalue weighted by Gasteiger charge is -1.93. The topological polar surface area (TPSA) is 55.1 Å². The van der Waals surface area contributed by atoms with Crippen LogP contribution in [0.25, 0.3) is 0 Å². The van der Waals surface area contributed by atoms with Crippen molar-refractivity contribution >= 4 is 21.8 Å². The summed E-state index contributed by atoms with van der Waals surface area (Å²) < 4.78 is 4.81. The molecule has 0 aliphatic rings. The largest absolute Gasteiger partial charge is 0.361 e. The van der Waals surface area contributed by atoms with Crippen molar-refractivity contribution in [2.75, 3.05) is 0 Å². The van der Waals surface area contributed by atoms with Gasteiger partial charge in [0, 0.05) is 27.9 Å². The van der Waals surface area contributed by atoms with Gasteiger partial charge in [-0.3, -0.25) is 4.79 Å². The van der Waals surface area contributed by atoms with E-state index in [1.165, 1.54) is 0 Å². The van der Waals surface area contributed by atoms with Crippen molar-refractivity contribution in [1.82, 2.24) is 10.5 Å². The molecule has 0 atom stereocenters. The number of rotatable bonds is 2. The second kappa shape index (κ2) is 4.67. The Bertz CT molecular complexity index is 362. The maximum atomic E-state index is 10.9. The molecule has 4 nitrogen and oxygen atoms in total. The van der Waals surface area contributed by atoms with Crippen LogP contribution in [0, 0.1) is 17.7 Å². The Morgan fingerprint density at radius 3 is 3.15 bits per heavy atom. The number of nitrogens with one attached hydrogen (secondary N) is 1. The molecule has 1 amide bonds. The fourth-order valence-corrected chi connectivity index (χ4v) is 0.939. The molecule has 0 bridgehead atoms. The Kier molecular flexibility index (Phi) is 3.53. The molecular weight excluding hydrogens is 236 g/mol. The minimum absolute atomic E-state index is 0.331. The van der Waals surface area contributed by atoms with Crippen molar-refractivity contribution in [2.45, 2.75) is 13.5 Å². The van der Waals surface area contributed by atoms with E-state index in [0.29, 0.717) is 12.2 Å². The SMILES string of the molecule is Cc1cc(CNC(=O)C#CBr)no1. The summed E-state index contributed by atoms with van der Waals surface area (Å²) in [6, 6.07) is 1.75. The fourth-order valence-electron chi connectivity index (χ4n) is 0.759. The van der Waals surface area contributed by atoms with Crippen molar-refractivity contribution in [1.29, 1.82) is 0 Å². The predicted molar refractivity (Wildman–Crippen MR) is 49.8 cm³/mol. The van der Waals surface area contributed by atoms with Gasteiger partial charge >= 0.3 is 0 Å². The van der Waals surface area contributed by atoms with Crippen LogP contribution in [0.4, 0.5) is 0 Å². The highest BCUT2D eigenvalue weighted by atomic mass is 79.9. The second-order valence-electron chi connectivity index (χ2n) is 2.33. The molecule has 0 spiro atoms. The molecule has 0 saturated carbocycles. The van der Waals surface area contributed by atoms with Crippen LogP contribution in [0.2, 0.25) is 0 Å². The Labute approximate surface area is 83.8 Å². The van der Waals surface area contributed by atoms with Crippen molar-refractivity contribution in [3.8, 4) is 10.8 Å². The van der Waals surface area contributed by atoms with E-state index in [-0.39, 0.29) is 5.91 Å². The summed E-state index contributed by atoms with van der Waals surface area (Å²) in [7, 11) is 0. The maximum absolute atomic E-state index is 10.9. The number of hydrogen-bond donors (Lipinski definition) is 1. The average molecular weight is 243 g/mol. The molecule has 1 N–H and O–H groups in total. The molecule has 1 heterocycles. The Morgan fingerprint density at radius 1 is 1.85 bits per heavy atom. The van der Waals surface area contributed by atoms with Gasteiger partial charge in [0.25, 0.3) is 5.91 Å². The minimum atomic E-state index is -0.350. The summed E-state index contributed by atoms with van der Waals surface area (Å²) in [5, 5.41) is 6.25. The van der Waals surface area contributed by atoms with E-state index < -0.39 is 0 Å². The number of carbonyl (C=O) groups is 1. The zero-order valence-corrected chi connectivity index (χ0v) is 8.51. The molecule has 1 rings (SSSR count). The van der Waals surface area contributed by atoms with Crippen LogP contribution >= 0.6 is 15.9 Å². The first-order chi connectivity index (χ1) is 6.22. The van der Waals surface area contributed by atoms with E-state index in [1.54, 1.807) is 13.0 Å². The van der Waals surface area contributed by atoms with Crippen molar-refractivity contribution in [3.05, 3.63) is 17.5 Å². The lowest BCUT2D eigenvalue weighted by atomic mass is 10.4. The number of carbonyl (C=O) groups excluding carboxylic acids is 1. The summed E-state index contributed by atoms with van der Waals surface area (Å²) in [5.74, 6) is 2.65. The Hall–Kier alpha value is -1.28. The van der Waals surface area contributed by atoms with E-state index in [9.17, 15) is 4.79 Å². The lowest BCUT2D eigenvalue weighted by Crippen LogP contribution is -2.20. The van der Waals surface area contributed by atoms with E-state index in [2.05, 4.69) is 37.2 Å². The molecule has 1 aromatic rings. The van der Waals surface area contributed by atoms with Crippen LogP contribution in [-0.2, 0) is 11.3 Å². The van der Waals surface area contributed by atoms with Gasteiger partial charge in [0.05, 0.1) is 6.54 Å². The van der Waals surface area contributed by atoms with E-state index in [0.717, 1.165) is 5.76 Å². The summed E-state index contributed by atoms with van der Waals surface area (Å²) in [5.41, 5.74) is 0.683. The van der Waals surface area contributed by atoms with Gasteiger partial charge < -0.3 is 9.84 Å². The first-order valence-corrected chi connectivity index (χ1v) is 4.33. The number of aryl methyl sites for hydroxylation is 1. The highest BCUT2D eigenvalue weighted by molar-refractivity contribution is 9.12. The second-order valence-corrected chi connectivity index (χ2v) is 2.73. The van der Waals surface area contributed by atoms with E-state index in [4.69, 9.17) is 4.52 Å². The summed E-state index contributed by atoms with van der Waals surface area (Å²) in [6.45, 7) is 2.12. The number of amides is 1. The van der Waals surface area contributed by atoms with Crippen molar-refractivity contribution < 1.29 is 9.32 Å². The molecule has 0 aromatic carbocycles. The average Bonchev–Trinajstić information content (AvgIpc) is 2.49. The lowest BCUT2D eigenvalue weighted by molar-refractivity contribution is -0.115. The molecule has 0 saturated heterocycles. The Morgan fingerprint density at radius 2 is 2.62 bits per heavy atom. The molecule has 68 valence electrons. The first kappa shape index (κ1) is 9.81. The highest BCUT2D eigenvalue weighted by Gasteiger charge is 2.01. The minimum Gasteiger partial charge on any atom is -0.361 e. The zero-order valence-electron chi connectivity index (χ0n) is 6.93. The van der Waals surface area contributed by atoms with E-state index in [1.807, 2.05) is 0 Å². The molecule has 0 fully saturated rings. The monoisotopic (exact) mass is 242 g/mol. The quantitative estimate of drug-likeness (QED) is 0.787. The molecule has 5 heteroatoms.